The normalized spacial score (nSPS) is 17.9. The molecule has 0 saturated carbocycles. The Morgan fingerprint density at radius 1 is 0.944 bits per heavy atom. The van der Waals surface area contributed by atoms with E-state index >= 15 is 0 Å². The second-order valence-corrected chi connectivity index (χ2v) is 9.55. The van der Waals surface area contributed by atoms with Gasteiger partial charge in [-0.1, -0.05) is 47.7 Å². The molecule has 36 heavy (non-hydrogen) atoms. The monoisotopic (exact) mass is 498 g/mol. The maximum atomic E-state index is 6.74. The van der Waals surface area contributed by atoms with Crippen LogP contribution in [0.1, 0.15) is 34.4 Å². The summed E-state index contributed by atoms with van der Waals surface area (Å²) in [5, 5.41) is 9.17. The number of hydrogen-bond acceptors (Lipinski definition) is 7. The number of nitrogens with one attached hydrogen (secondary N) is 1. The molecule has 2 aliphatic rings. The van der Waals surface area contributed by atoms with E-state index in [1.165, 1.54) is 11.8 Å². The highest BCUT2D eigenvalue weighted by atomic mass is 32.2. The standard InChI is InChI=1S/C28H26N4O3S/c1-16-8-13-22-21(14-16)24-23(26(35-22)18-6-5-7-20(15-18)34-3)25(17-9-11-19(33-2)12-10-17)32-27(29-24)30-28(31-32)36-4/h5-15,25-26H,1-4H3,(H,29,30,31)/t25-,26-/m0/s1. The Bertz CT molecular complexity index is 1480. The summed E-state index contributed by atoms with van der Waals surface area (Å²) < 4.78 is 19.7. The number of anilines is 1. The zero-order valence-electron chi connectivity index (χ0n) is 20.5. The first-order chi connectivity index (χ1) is 17.6. The minimum absolute atomic E-state index is 0.236. The predicted octanol–water partition coefficient (Wildman–Crippen LogP) is 5.89. The van der Waals surface area contributed by atoms with Crippen LogP contribution in [-0.4, -0.2) is 35.2 Å². The Labute approximate surface area is 214 Å². The summed E-state index contributed by atoms with van der Waals surface area (Å²) in [4.78, 5) is 4.77. The molecule has 2 atom stereocenters. The number of methoxy groups -OCH3 is 2. The summed E-state index contributed by atoms with van der Waals surface area (Å²) in [6.45, 7) is 2.09. The van der Waals surface area contributed by atoms with Crippen LogP contribution in [0.15, 0.2) is 77.5 Å². The molecule has 8 heteroatoms. The first kappa shape index (κ1) is 22.5. The molecule has 7 nitrogen and oxygen atoms in total. The van der Waals surface area contributed by atoms with E-state index in [1.807, 2.05) is 47.3 Å². The maximum Gasteiger partial charge on any atom is 0.227 e. The fourth-order valence-corrected chi connectivity index (χ4v) is 5.24. The molecule has 1 N–H and O–H groups in total. The Morgan fingerprint density at radius 2 is 1.75 bits per heavy atom. The molecular weight excluding hydrogens is 472 g/mol. The van der Waals surface area contributed by atoms with Crippen LogP contribution in [-0.2, 0) is 0 Å². The third-order valence-electron chi connectivity index (χ3n) is 6.62. The van der Waals surface area contributed by atoms with Gasteiger partial charge in [-0.3, -0.25) is 0 Å². The molecule has 0 bridgehead atoms. The van der Waals surface area contributed by atoms with E-state index in [0.717, 1.165) is 50.8 Å². The zero-order chi connectivity index (χ0) is 24.8. The molecule has 0 spiro atoms. The quantitative estimate of drug-likeness (QED) is 0.344. The highest BCUT2D eigenvalue weighted by Crippen LogP contribution is 2.51. The molecular formula is C28H26N4O3S. The van der Waals surface area contributed by atoms with E-state index < -0.39 is 0 Å². The average molecular weight is 499 g/mol. The van der Waals surface area contributed by atoms with E-state index in [-0.39, 0.29) is 12.1 Å². The number of aryl methyl sites for hydroxylation is 1. The van der Waals surface area contributed by atoms with Crippen LogP contribution in [0.4, 0.5) is 5.95 Å². The van der Waals surface area contributed by atoms with Crippen molar-refractivity contribution in [2.45, 2.75) is 24.2 Å². The van der Waals surface area contributed by atoms with Gasteiger partial charge >= 0.3 is 0 Å². The number of rotatable bonds is 5. The SMILES string of the molecule is COc1ccc([C@H]2C3=C(Nc4nc(SC)nn42)c2cc(C)ccc2O[C@H]3c2cccc(OC)c2)cc1. The number of aromatic nitrogens is 3. The Kier molecular flexibility index (Phi) is 5.60. The smallest absolute Gasteiger partial charge is 0.227 e. The number of nitrogens with zero attached hydrogens (tertiary/aromatic N) is 3. The fourth-order valence-electron chi connectivity index (χ4n) is 4.90. The molecule has 2 aliphatic heterocycles. The second-order valence-electron chi connectivity index (χ2n) is 8.77. The van der Waals surface area contributed by atoms with Crippen molar-refractivity contribution in [3.63, 3.8) is 0 Å². The lowest BCUT2D eigenvalue weighted by Crippen LogP contribution is -2.32. The Morgan fingerprint density at radius 3 is 2.50 bits per heavy atom. The van der Waals surface area contributed by atoms with Crippen LogP contribution in [0.3, 0.4) is 0 Å². The van der Waals surface area contributed by atoms with E-state index in [9.17, 15) is 0 Å². The Hall–Kier alpha value is -3.91. The molecule has 0 fully saturated rings. The van der Waals surface area contributed by atoms with Gasteiger partial charge in [0.2, 0.25) is 11.1 Å². The van der Waals surface area contributed by atoms with Gasteiger partial charge in [0.25, 0.3) is 0 Å². The number of hydrogen-bond donors (Lipinski definition) is 1. The number of thioether (sulfide) groups is 1. The first-order valence-corrected chi connectivity index (χ1v) is 12.9. The maximum absolute atomic E-state index is 6.74. The summed E-state index contributed by atoms with van der Waals surface area (Å²) in [7, 11) is 3.35. The first-order valence-electron chi connectivity index (χ1n) is 11.7. The molecule has 3 aromatic carbocycles. The summed E-state index contributed by atoms with van der Waals surface area (Å²) in [6.07, 6.45) is 1.62. The summed E-state index contributed by atoms with van der Waals surface area (Å²) in [5.41, 5.74) is 6.31. The van der Waals surface area contributed by atoms with E-state index in [0.29, 0.717) is 11.1 Å². The molecule has 0 aliphatic carbocycles. The number of ether oxygens (including phenoxy) is 3. The van der Waals surface area contributed by atoms with Crippen LogP contribution in [0.25, 0.3) is 5.70 Å². The van der Waals surface area contributed by atoms with Crippen molar-refractivity contribution < 1.29 is 14.2 Å². The highest BCUT2D eigenvalue weighted by Gasteiger charge is 2.41. The van der Waals surface area contributed by atoms with E-state index in [2.05, 4.69) is 42.6 Å². The van der Waals surface area contributed by atoms with Gasteiger partial charge in [-0.2, -0.15) is 4.98 Å². The van der Waals surface area contributed by atoms with Gasteiger partial charge in [-0.25, -0.2) is 4.68 Å². The molecule has 1 aromatic heterocycles. The van der Waals surface area contributed by atoms with Crippen molar-refractivity contribution in [1.29, 1.82) is 0 Å². The van der Waals surface area contributed by atoms with Gasteiger partial charge in [-0.05, 0) is 55.1 Å². The van der Waals surface area contributed by atoms with Crippen LogP contribution in [0.5, 0.6) is 17.2 Å². The van der Waals surface area contributed by atoms with Crippen molar-refractivity contribution in [3.8, 4) is 17.2 Å². The van der Waals surface area contributed by atoms with Gasteiger partial charge < -0.3 is 19.5 Å². The molecule has 182 valence electrons. The largest absolute Gasteiger partial charge is 0.497 e. The minimum atomic E-state index is -0.361. The summed E-state index contributed by atoms with van der Waals surface area (Å²) >= 11 is 1.52. The number of benzene rings is 3. The fraction of sp³-hybridized carbons (Fsp3) is 0.214. The third-order valence-corrected chi connectivity index (χ3v) is 7.16. The molecule has 0 radical (unpaired) electrons. The van der Waals surface area contributed by atoms with Crippen molar-refractivity contribution in [2.75, 3.05) is 25.8 Å². The van der Waals surface area contributed by atoms with E-state index in [4.69, 9.17) is 24.3 Å². The molecule has 3 heterocycles. The minimum Gasteiger partial charge on any atom is -0.497 e. The van der Waals surface area contributed by atoms with Gasteiger partial charge in [0, 0.05) is 16.7 Å². The third kappa shape index (κ3) is 3.69. The van der Waals surface area contributed by atoms with Crippen molar-refractivity contribution in [3.05, 3.63) is 94.6 Å². The van der Waals surface area contributed by atoms with Crippen LogP contribution in [0.2, 0.25) is 0 Å². The summed E-state index contributed by atoms with van der Waals surface area (Å²) in [5.74, 6) is 3.11. The second kappa shape index (κ2) is 8.95. The molecule has 6 rings (SSSR count). The van der Waals surface area contributed by atoms with Crippen LogP contribution < -0.4 is 19.5 Å². The van der Waals surface area contributed by atoms with Gasteiger partial charge in [0.15, 0.2) is 0 Å². The van der Waals surface area contributed by atoms with Crippen LogP contribution >= 0.6 is 11.8 Å². The zero-order valence-corrected chi connectivity index (χ0v) is 21.3. The van der Waals surface area contributed by atoms with Gasteiger partial charge in [0.1, 0.15) is 29.4 Å². The molecule has 0 saturated heterocycles. The van der Waals surface area contributed by atoms with E-state index in [1.54, 1.807) is 14.2 Å². The van der Waals surface area contributed by atoms with Crippen molar-refractivity contribution in [2.24, 2.45) is 0 Å². The molecule has 4 aromatic rings. The Balaban J connectivity index is 1.62. The predicted molar refractivity (Wildman–Crippen MR) is 141 cm³/mol. The molecule has 0 amide bonds. The summed E-state index contributed by atoms with van der Waals surface area (Å²) in [6, 6.07) is 22.2. The lowest BCUT2D eigenvalue weighted by molar-refractivity contribution is 0.222. The lowest BCUT2D eigenvalue weighted by Gasteiger charge is -2.39. The van der Waals surface area contributed by atoms with Gasteiger partial charge in [-0.15, -0.1) is 5.10 Å². The molecule has 0 unspecified atom stereocenters. The van der Waals surface area contributed by atoms with Gasteiger partial charge in [0.05, 0.1) is 19.9 Å². The average Bonchev–Trinajstić information content (AvgIpc) is 3.34. The van der Waals surface area contributed by atoms with Crippen molar-refractivity contribution in [1.82, 2.24) is 14.8 Å². The highest BCUT2D eigenvalue weighted by molar-refractivity contribution is 7.98. The van der Waals surface area contributed by atoms with Crippen molar-refractivity contribution >= 4 is 23.4 Å². The topological polar surface area (TPSA) is 70.4 Å². The lowest BCUT2D eigenvalue weighted by atomic mass is 9.84. The number of fused-ring (bicyclic) bond motifs is 3. The van der Waals surface area contributed by atoms with Crippen LogP contribution in [0, 0.1) is 6.92 Å².